The van der Waals surface area contributed by atoms with E-state index < -0.39 is 53.6 Å². The Kier molecular flexibility index (Phi) is 28.0. The fraction of sp³-hybridized carbons (Fsp3) is 0.769. The number of nitrogens with two attached hydrogens (primary N) is 4. The number of rotatable bonds is 33. The number of methoxy groups -OCH3 is 1. The molecule has 0 radical (unpaired) electrons. The van der Waals surface area contributed by atoms with Crippen LogP contribution in [-0.2, 0) is 35.2 Å². The molecule has 0 aromatic heterocycles. The van der Waals surface area contributed by atoms with Crippen LogP contribution in [-0.4, -0.2) is 92.4 Å². The van der Waals surface area contributed by atoms with Gasteiger partial charge in [-0.1, -0.05) is 98.6 Å². The number of unbranched alkanes of at least 4 members (excludes halogenated alkanes) is 2. The normalized spacial score (nSPS) is 17.6. The molecule has 388 valence electrons. The van der Waals surface area contributed by atoms with Crippen LogP contribution in [0.4, 0.5) is 0 Å². The van der Waals surface area contributed by atoms with Crippen LogP contribution in [0.3, 0.4) is 0 Å². The number of benzene rings is 1. The third-order valence-corrected chi connectivity index (χ3v) is 14.1. The van der Waals surface area contributed by atoms with Gasteiger partial charge in [0, 0.05) is 43.2 Å². The van der Waals surface area contributed by atoms with Crippen molar-refractivity contribution in [3.8, 4) is 5.75 Å². The first-order valence-electron chi connectivity index (χ1n) is 25.8. The molecule has 0 heterocycles. The van der Waals surface area contributed by atoms with Crippen molar-refractivity contribution in [2.75, 3.05) is 26.7 Å². The monoisotopic (exact) mass is 956 g/mol. The smallest absolute Gasteiger partial charge is 0.225 e. The number of hydrogen-bond acceptors (Lipinski definition) is 10. The summed E-state index contributed by atoms with van der Waals surface area (Å²) in [5.74, 6) is -3.47. The van der Waals surface area contributed by atoms with Gasteiger partial charge in [0.2, 0.25) is 35.4 Å². The van der Waals surface area contributed by atoms with Gasteiger partial charge in [0.15, 0.2) is 0 Å². The number of amides is 6. The lowest BCUT2D eigenvalue weighted by Gasteiger charge is -2.32. The van der Waals surface area contributed by atoms with Gasteiger partial charge in [0.25, 0.3) is 0 Å². The Bertz CT molecular complexity index is 1670. The van der Waals surface area contributed by atoms with Gasteiger partial charge in [-0.25, -0.2) is 0 Å². The maximum atomic E-state index is 14.1. The maximum Gasteiger partial charge on any atom is 0.225 e. The number of ether oxygens (including phenoxy) is 1. The molecule has 13 N–H and O–H groups in total. The van der Waals surface area contributed by atoms with Crippen LogP contribution in [0, 0.1) is 47.3 Å². The van der Waals surface area contributed by atoms with Crippen molar-refractivity contribution in [3.05, 3.63) is 29.8 Å². The number of carbonyl (C=O) groups excluding carboxylic acids is 6. The second-order valence-electron chi connectivity index (χ2n) is 20.6. The van der Waals surface area contributed by atoms with Crippen LogP contribution in [0.2, 0.25) is 0 Å². The zero-order valence-corrected chi connectivity index (χ0v) is 43.2. The van der Waals surface area contributed by atoms with E-state index in [4.69, 9.17) is 27.7 Å². The molecule has 1 aliphatic rings. The molecule has 1 aliphatic carbocycles. The van der Waals surface area contributed by atoms with Gasteiger partial charge >= 0.3 is 0 Å². The highest BCUT2D eigenvalue weighted by molar-refractivity contribution is 5.86. The lowest BCUT2D eigenvalue weighted by atomic mass is 9.81. The van der Waals surface area contributed by atoms with E-state index in [-0.39, 0.29) is 66.9 Å². The Labute approximate surface area is 408 Å². The molecule has 2 rings (SSSR count). The third-order valence-electron chi connectivity index (χ3n) is 14.1. The van der Waals surface area contributed by atoms with Gasteiger partial charge in [0.1, 0.15) is 5.75 Å². The van der Waals surface area contributed by atoms with Gasteiger partial charge in [0.05, 0.1) is 36.7 Å². The average molecular weight is 956 g/mol. The Balaban J connectivity index is 2.24. The summed E-state index contributed by atoms with van der Waals surface area (Å²) in [6, 6.07) is 4.93. The van der Waals surface area contributed by atoms with E-state index >= 15 is 0 Å². The summed E-state index contributed by atoms with van der Waals surface area (Å²) in [5.41, 5.74) is 24.6. The quantitative estimate of drug-likeness (QED) is 0.0442. The highest BCUT2D eigenvalue weighted by atomic mass is 16.5. The average Bonchev–Trinajstić information content (AvgIpc) is 3.28. The van der Waals surface area contributed by atoms with Crippen LogP contribution >= 0.6 is 0 Å². The van der Waals surface area contributed by atoms with Crippen molar-refractivity contribution in [1.82, 2.24) is 26.6 Å². The molecule has 1 aromatic carbocycles. The van der Waals surface area contributed by atoms with E-state index in [2.05, 4.69) is 40.4 Å². The van der Waals surface area contributed by atoms with Crippen molar-refractivity contribution in [1.29, 1.82) is 0 Å². The van der Waals surface area contributed by atoms with Crippen LogP contribution in [0.25, 0.3) is 0 Å². The minimum absolute atomic E-state index is 0.0468. The SMILES string of the molecule is COc1ccc(C[C@H](C(=O)N[C@H](C)[C@H](CCCCN)C(N)=O)[C@@H](C)NC(=O)C[C@@H](CCCCN)NC(=O)[C@@H](CNC(=O)[C@@H](C)[C@@H](CC2CCCCC2)NC(=O)[C@@H](C)[C@H](N)CC(C)C)C(C)C)cc1. The number of hydrogen-bond donors (Lipinski definition) is 9. The van der Waals surface area contributed by atoms with Gasteiger partial charge in [-0.15, -0.1) is 0 Å². The lowest BCUT2D eigenvalue weighted by Crippen LogP contribution is -2.52. The van der Waals surface area contributed by atoms with Crippen molar-refractivity contribution in [2.45, 2.75) is 182 Å². The Morgan fingerprint density at radius 3 is 1.82 bits per heavy atom. The second-order valence-corrected chi connectivity index (χ2v) is 20.6. The Hall–Kier alpha value is -4.28. The summed E-state index contributed by atoms with van der Waals surface area (Å²) in [4.78, 5) is 82.0. The topological polar surface area (TPSA) is 276 Å². The standard InChI is InChI=1S/C52H93N9O7/c1-32(2)27-45(55)34(5)50(65)61-46(29-38-17-11-10-12-18-38)35(6)49(64)57-31-44(33(3)4)52(67)60-40(19-13-15-25-53)30-47(62)58-37(8)43(28-39-21-23-41(68-9)24-22-39)51(66)59-36(7)42(48(56)63)20-14-16-26-54/h21-24,32-38,40,42-46H,10-20,25-31,53-55H2,1-9H3,(H2,56,63)(H,57,64)(H,58,62)(H,59,66)(H,60,67)(H,61,65)/t34-,35-,36+,37+,40+,42-,43-,44-,45+,46+/m0/s1. The predicted octanol–water partition coefficient (Wildman–Crippen LogP) is 4.59. The minimum atomic E-state index is -0.726. The molecule has 6 amide bonds. The van der Waals surface area contributed by atoms with Gasteiger partial charge in [-0.2, -0.15) is 0 Å². The largest absolute Gasteiger partial charge is 0.497 e. The molecule has 0 unspecified atom stereocenters. The highest BCUT2D eigenvalue weighted by Crippen LogP contribution is 2.30. The Morgan fingerprint density at radius 2 is 1.26 bits per heavy atom. The number of nitrogens with one attached hydrogen (secondary N) is 5. The molecule has 1 fully saturated rings. The van der Waals surface area contributed by atoms with Crippen LogP contribution in [0.1, 0.15) is 151 Å². The molecule has 0 spiro atoms. The van der Waals surface area contributed by atoms with Crippen LogP contribution < -0.4 is 54.3 Å². The van der Waals surface area contributed by atoms with E-state index in [1.54, 1.807) is 21.0 Å². The van der Waals surface area contributed by atoms with Crippen LogP contribution in [0.5, 0.6) is 5.75 Å². The van der Waals surface area contributed by atoms with E-state index in [1.165, 1.54) is 6.42 Å². The van der Waals surface area contributed by atoms with Crippen molar-refractivity contribution in [3.63, 3.8) is 0 Å². The molecule has 1 saturated carbocycles. The van der Waals surface area contributed by atoms with E-state index in [1.807, 2.05) is 52.0 Å². The predicted molar refractivity (Wildman–Crippen MR) is 271 cm³/mol. The number of primary amides is 1. The van der Waals surface area contributed by atoms with Gasteiger partial charge in [-0.05, 0) is 107 Å². The molecule has 0 saturated heterocycles. The fourth-order valence-corrected chi connectivity index (χ4v) is 9.41. The zero-order chi connectivity index (χ0) is 50.9. The Morgan fingerprint density at radius 1 is 0.676 bits per heavy atom. The highest BCUT2D eigenvalue weighted by Gasteiger charge is 2.35. The molecule has 16 nitrogen and oxygen atoms in total. The lowest BCUT2D eigenvalue weighted by molar-refractivity contribution is -0.131. The molecule has 16 heteroatoms. The second kappa shape index (κ2) is 31.8. The van der Waals surface area contributed by atoms with E-state index in [9.17, 15) is 28.8 Å². The van der Waals surface area contributed by atoms with Gasteiger partial charge < -0.3 is 54.3 Å². The summed E-state index contributed by atoms with van der Waals surface area (Å²) in [6.45, 7) is 16.3. The zero-order valence-electron chi connectivity index (χ0n) is 43.2. The first-order chi connectivity index (χ1) is 32.2. The summed E-state index contributed by atoms with van der Waals surface area (Å²) < 4.78 is 5.33. The fourth-order valence-electron chi connectivity index (χ4n) is 9.41. The molecular formula is C52H93N9O7. The van der Waals surface area contributed by atoms with Gasteiger partial charge in [-0.3, -0.25) is 28.8 Å². The molecule has 68 heavy (non-hydrogen) atoms. The summed E-state index contributed by atoms with van der Waals surface area (Å²) in [6.07, 6.45) is 11.0. The van der Waals surface area contributed by atoms with Crippen molar-refractivity contribution < 1.29 is 33.5 Å². The van der Waals surface area contributed by atoms with Crippen molar-refractivity contribution in [2.24, 2.45) is 70.3 Å². The minimum Gasteiger partial charge on any atom is -0.497 e. The summed E-state index contributed by atoms with van der Waals surface area (Å²) in [5, 5.41) is 15.4. The molecule has 1 aromatic rings. The summed E-state index contributed by atoms with van der Waals surface area (Å²) >= 11 is 0. The van der Waals surface area contributed by atoms with Crippen LogP contribution in [0.15, 0.2) is 24.3 Å². The first-order valence-corrected chi connectivity index (χ1v) is 25.8. The maximum absolute atomic E-state index is 14.1. The summed E-state index contributed by atoms with van der Waals surface area (Å²) in [7, 11) is 1.58. The molecular weight excluding hydrogens is 863 g/mol. The molecule has 0 bridgehead atoms. The number of carbonyl (C=O) groups is 6. The first kappa shape index (κ1) is 59.8. The molecule has 10 atom stereocenters. The molecule has 0 aliphatic heterocycles. The third kappa shape index (κ3) is 21.6. The van der Waals surface area contributed by atoms with Crippen molar-refractivity contribution >= 4 is 35.4 Å². The van der Waals surface area contributed by atoms with E-state index in [0.29, 0.717) is 69.2 Å². The van der Waals surface area contributed by atoms with E-state index in [0.717, 1.165) is 44.1 Å².